The van der Waals surface area contributed by atoms with Gasteiger partial charge in [0.1, 0.15) is 0 Å². The van der Waals surface area contributed by atoms with Gasteiger partial charge >= 0.3 is 0 Å². The van der Waals surface area contributed by atoms with Crippen molar-refractivity contribution in [3.05, 3.63) is 35.4 Å². The molecule has 1 rings (SSSR count). The fraction of sp³-hybridized carbons (Fsp3) is 0.364. The molecule has 0 spiro atoms. The van der Waals surface area contributed by atoms with Gasteiger partial charge in [-0.1, -0.05) is 52.7 Å². The number of carbonyl (C=O) groups is 1. The molecule has 1 unspecified atom stereocenters. The Hall–Kier alpha value is -0.630. The lowest BCUT2D eigenvalue weighted by atomic mass is 10.0. The van der Waals surface area contributed by atoms with E-state index in [9.17, 15) is 4.79 Å². The molecule has 70 valence electrons. The molecular formula is C11H13BrO. The lowest BCUT2D eigenvalue weighted by Gasteiger charge is -2.06. The summed E-state index contributed by atoms with van der Waals surface area (Å²) >= 11 is 3.31. The zero-order chi connectivity index (χ0) is 9.84. The first-order valence-electron chi connectivity index (χ1n) is 4.32. The van der Waals surface area contributed by atoms with Gasteiger partial charge < -0.3 is 0 Å². The number of rotatable bonds is 3. The predicted molar refractivity (Wildman–Crippen MR) is 58.5 cm³/mol. The van der Waals surface area contributed by atoms with E-state index < -0.39 is 0 Å². The predicted octanol–water partition coefficient (Wildman–Crippen LogP) is 3.21. The van der Waals surface area contributed by atoms with Crippen LogP contribution in [0, 0.1) is 12.8 Å². The smallest absolute Gasteiger partial charge is 0.166 e. The molecule has 1 aromatic rings. The Bertz CT molecular complexity index is 289. The average molecular weight is 241 g/mol. The minimum Gasteiger partial charge on any atom is -0.294 e. The Morgan fingerprint density at radius 2 is 1.92 bits per heavy atom. The van der Waals surface area contributed by atoms with E-state index in [2.05, 4.69) is 15.9 Å². The molecule has 0 heterocycles. The van der Waals surface area contributed by atoms with Crippen LogP contribution in [-0.2, 0) is 0 Å². The van der Waals surface area contributed by atoms with Gasteiger partial charge in [0.2, 0.25) is 0 Å². The van der Waals surface area contributed by atoms with Gasteiger partial charge in [-0.3, -0.25) is 4.79 Å². The number of carbonyl (C=O) groups excluding carboxylic acids is 1. The molecule has 0 aliphatic carbocycles. The first-order chi connectivity index (χ1) is 6.15. The summed E-state index contributed by atoms with van der Waals surface area (Å²) in [5, 5.41) is 0.722. The summed E-state index contributed by atoms with van der Waals surface area (Å²) in [5.74, 6) is 0.264. The topological polar surface area (TPSA) is 17.1 Å². The number of ketones is 1. The van der Waals surface area contributed by atoms with Crippen LogP contribution < -0.4 is 0 Å². The Kier molecular flexibility index (Phi) is 3.67. The number of Topliss-reactive ketones (excluding diaryl/α,β-unsaturated/α-hetero) is 1. The molecule has 0 radical (unpaired) electrons. The summed E-state index contributed by atoms with van der Waals surface area (Å²) in [7, 11) is 0. The van der Waals surface area contributed by atoms with E-state index in [1.54, 1.807) is 0 Å². The van der Waals surface area contributed by atoms with E-state index in [-0.39, 0.29) is 11.7 Å². The zero-order valence-corrected chi connectivity index (χ0v) is 9.47. The number of halogens is 1. The van der Waals surface area contributed by atoms with E-state index in [1.165, 1.54) is 5.56 Å². The van der Waals surface area contributed by atoms with Crippen molar-refractivity contribution >= 4 is 21.7 Å². The second-order valence-corrected chi connectivity index (χ2v) is 3.93. The van der Waals surface area contributed by atoms with Crippen molar-refractivity contribution in [2.24, 2.45) is 5.92 Å². The van der Waals surface area contributed by atoms with Crippen LogP contribution in [0.4, 0.5) is 0 Å². The Morgan fingerprint density at radius 3 is 2.38 bits per heavy atom. The summed E-state index contributed by atoms with van der Waals surface area (Å²) in [6, 6.07) is 7.70. The third-order valence-electron chi connectivity index (χ3n) is 2.02. The van der Waals surface area contributed by atoms with E-state index in [0.717, 1.165) is 10.9 Å². The van der Waals surface area contributed by atoms with Gasteiger partial charge in [-0.2, -0.15) is 0 Å². The van der Waals surface area contributed by atoms with Crippen LogP contribution >= 0.6 is 15.9 Å². The van der Waals surface area contributed by atoms with Crippen molar-refractivity contribution in [3.8, 4) is 0 Å². The minimum atomic E-state index is 0.0581. The molecule has 13 heavy (non-hydrogen) atoms. The molecule has 0 aromatic heterocycles. The van der Waals surface area contributed by atoms with Gasteiger partial charge in [0.05, 0.1) is 0 Å². The summed E-state index contributed by atoms with van der Waals surface area (Å²) in [4.78, 5) is 11.7. The van der Waals surface area contributed by atoms with Gasteiger partial charge in [-0.15, -0.1) is 0 Å². The molecule has 0 saturated carbocycles. The Balaban J connectivity index is 2.83. The monoisotopic (exact) mass is 240 g/mol. The number of alkyl halides is 1. The molecule has 0 saturated heterocycles. The van der Waals surface area contributed by atoms with Crippen LogP contribution in [0.25, 0.3) is 0 Å². The minimum absolute atomic E-state index is 0.0581. The highest BCUT2D eigenvalue weighted by molar-refractivity contribution is 9.09. The normalized spacial score (nSPS) is 12.5. The standard InChI is InChI=1S/C11H13BrO/c1-8-3-5-10(6-4-8)11(13)9(2)7-12/h3-6,9H,7H2,1-2H3. The fourth-order valence-corrected chi connectivity index (χ4v) is 1.37. The second-order valence-electron chi connectivity index (χ2n) is 3.29. The maximum absolute atomic E-state index is 11.7. The molecule has 1 nitrogen and oxygen atoms in total. The number of hydrogen-bond acceptors (Lipinski definition) is 1. The maximum Gasteiger partial charge on any atom is 0.166 e. The highest BCUT2D eigenvalue weighted by Crippen LogP contribution is 2.11. The van der Waals surface area contributed by atoms with Crippen LogP contribution in [0.2, 0.25) is 0 Å². The van der Waals surface area contributed by atoms with E-state index in [0.29, 0.717) is 0 Å². The van der Waals surface area contributed by atoms with Gasteiger partial charge in [-0.05, 0) is 6.92 Å². The van der Waals surface area contributed by atoms with Crippen molar-refractivity contribution in [1.82, 2.24) is 0 Å². The van der Waals surface area contributed by atoms with Crippen molar-refractivity contribution in [2.75, 3.05) is 5.33 Å². The van der Waals surface area contributed by atoms with Crippen LogP contribution in [0.1, 0.15) is 22.8 Å². The lowest BCUT2D eigenvalue weighted by molar-refractivity contribution is 0.0942. The van der Waals surface area contributed by atoms with Gasteiger partial charge in [0.15, 0.2) is 5.78 Å². The summed E-state index contributed by atoms with van der Waals surface area (Å²) in [6.45, 7) is 3.94. The Morgan fingerprint density at radius 1 is 1.38 bits per heavy atom. The van der Waals surface area contributed by atoms with Crippen LogP contribution in [0.5, 0.6) is 0 Å². The van der Waals surface area contributed by atoms with Crippen molar-refractivity contribution in [2.45, 2.75) is 13.8 Å². The molecule has 0 aliphatic heterocycles. The summed E-state index contributed by atoms with van der Waals surface area (Å²) < 4.78 is 0. The third kappa shape index (κ3) is 2.66. The molecule has 0 aliphatic rings. The van der Waals surface area contributed by atoms with E-state index in [4.69, 9.17) is 0 Å². The van der Waals surface area contributed by atoms with Gasteiger partial charge in [0.25, 0.3) is 0 Å². The third-order valence-corrected chi connectivity index (χ3v) is 2.99. The zero-order valence-electron chi connectivity index (χ0n) is 7.88. The van der Waals surface area contributed by atoms with Crippen molar-refractivity contribution < 1.29 is 4.79 Å². The average Bonchev–Trinajstić information content (AvgIpc) is 2.17. The first-order valence-corrected chi connectivity index (χ1v) is 5.44. The molecule has 0 N–H and O–H groups in total. The molecule has 2 heteroatoms. The Labute approximate surface area is 87.3 Å². The van der Waals surface area contributed by atoms with E-state index >= 15 is 0 Å². The molecule has 1 aromatic carbocycles. The summed E-state index contributed by atoms with van der Waals surface area (Å²) in [6.07, 6.45) is 0. The molecule has 0 fully saturated rings. The largest absolute Gasteiger partial charge is 0.294 e. The van der Waals surface area contributed by atoms with Crippen LogP contribution in [0.15, 0.2) is 24.3 Å². The van der Waals surface area contributed by atoms with E-state index in [1.807, 2.05) is 38.1 Å². The molecule has 1 atom stereocenters. The van der Waals surface area contributed by atoms with Crippen molar-refractivity contribution in [3.63, 3.8) is 0 Å². The first kappa shape index (κ1) is 10.5. The molecular weight excluding hydrogens is 228 g/mol. The highest BCUT2D eigenvalue weighted by atomic mass is 79.9. The lowest BCUT2D eigenvalue weighted by Crippen LogP contribution is -2.12. The molecule has 0 bridgehead atoms. The van der Waals surface area contributed by atoms with Gasteiger partial charge in [-0.25, -0.2) is 0 Å². The molecule has 0 amide bonds. The quantitative estimate of drug-likeness (QED) is 0.586. The van der Waals surface area contributed by atoms with Crippen molar-refractivity contribution in [1.29, 1.82) is 0 Å². The van der Waals surface area contributed by atoms with Crippen LogP contribution in [0.3, 0.4) is 0 Å². The number of benzene rings is 1. The SMILES string of the molecule is Cc1ccc(C(=O)C(C)CBr)cc1. The second kappa shape index (κ2) is 4.56. The summed E-state index contributed by atoms with van der Waals surface area (Å²) in [5.41, 5.74) is 1.99. The highest BCUT2D eigenvalue weighted by Gasteiger charge is 2.12. The fourth-order valence-electron chi connectivity index (χ4n) is 1.07. The number of hydrogen-bond donors (Lipinski definition) is 0. The maximum atomic E-state index is 11.7. The number of aryl methyl sites for hydroxylation is 1. The van der Waals surface area contributed by atoms with Gasteiger partial charge in [0, 0.05) is 16.8 Å². The van der Waals surface area contributed by atoms with Crippen LogP contribution in [-0.4, -0.2) is 11.1 Å².